The summed E-state index contributed by atoms with van der Waals surface area (Å²) in [7, 11) is 0. The standard InChI is InChI=1S/C19H22N2O2S.BrH/c1-2-23-16-10-8-15(9-11-16)21(19-7-3-4-12-20-19)14-17(22)18-6-5-13-24-18;/h5-6,8-11,13H,2-4,7,12,14H2,1H3;1H. The monoisotopic (exact) mass is 422 g/mol. The maximum atomic E-state index is 12.6. The number of benzene rings is 1. The van der Waals surface area contributed by atoms with E-state index in [1.807, 2.05) is 48.7 Å². The van der Waals surface area contributed by atoms with Gasteiger partial charge in [-0.2, -0.15) is 0 Å². The van der Waals surface area contributed by atoms with E-state index in [0.717, 1.165) is 48.0 Å². The summed E-state index contributed by atoms with van der Waals surface area (Å²) in [5.41, 5.74) is 0.990. The van der Waals surface area contributed by atoms with E-state index >= 15 is 0 Å². The first-order valence-electron chi connectivity index (χ1n) is 8.38. The van der Waals surface area contributed by atoms with E-state index < -0.39 is 0 Å². The van der Waals surface area contributed by atoms with Crippen LogP contribution in [-0.4, -0.2) is 31.3 Å². The number of Topliss-reactive ketones (excluding diaryl/α,β-unsaturated/α-hetero) is 1. The van der Waals surface area contributed by atoms with Gasteiger partial charge in [0.15, 0.2) is 5.78 Å². The Morgan fingerprint density at radius 3 is 2.64 bits per heavy atom. The highest BCUT2D eigenvalue weighted by molar-refractivity contribution is 8.93. The molecule has 0 saturated carbocycles. The summed E-state index contributed by atoms with van der Waals surface area (Å²) in [4.78, 5) is 20.1. The Kier molecular flexibility index (Phi) is 7.65. The lowest BCUT2D eigenvalue weighted by Gasteiger charge is -2.27. The van der Waals surface area contributed by atoms with Crippen LogP contribution in [0.3, 0.4) is 0 Å². The minimum atomic E-state index is 0. The quantitative estimate of drug-likeness (QED) is 0.615. The number of ether oxygens (including phenoxy) is 1. The van der Waals surface area contributed by atoms with Crippen LogP contribution in [0.2, 0.25) is 0 Å². The summed E-state index contributed by atoms with van der Waals surface area (Å²) >= 11 is 1.49. The highest BCUT2D eigenvalue weighted by Crippen LogP contribution is 2.23. The fraction of sp³-hybridized carbons (Fsp3) is 0.368. The van der Waals surface area contributed by atoms with Crippen LogP contribution in [0.4, 0.5) is 5.69 Å². The third-order valence-electron chi connectivity index (χ3n) is 3.97. The highest BCUT2D eigenvalue weighted by Gasteiger charge is 2.20. The lowest BCUT2D eigenvalue weighted by atomic mass is 10.1. The molecule has 134 valence electrons. The van der Waals surface area contributed by atoms with Gasteiger partial charge in [-0.25, -0.2) is 0 Å². The highest BCUT2D eigenvalue weighted by atomic mass is 79.9. The van der Waals surface area contributed by atoms with Gasteiger partial charge in [0, 0.05) is 18.7 Å². The van der Waals surface area contributed by atoms with E-state index in [2.05, 4.69) is 9.89 Å². The van der Waals surface area contributed by atoms with Gasteiger partial charge in [-0.15, -0.1) is 28.3 Å². The Balaban J connectivity index is 0.00000225. The maximum Gasteiger partial charge on any atom is 0.192 e. The van der Waals surface area contributed by atoms with Crippen LogP contribution >= 0.6 is 28.3 Å². The van der Waals surface area contributed by atoms with Crippen molar-refractivity contribution in [2.45, 2.75) is 26.2 Å². The molecular weight excluding hydrogens is 400 g/mol. The number of carbonyl (C=O) groups is 1. The van der Waals surface area contributed by atoms with Crippen molar-refractivity contribution in [2.24, 2.45) is 4.99 Å². The number of hydrogen-bond donors (Lipinski definition) is 0. The smallest absolute Gasteiger partial charge is 0.192 e. The molecule has 0 radical (unpaired) electrons. The molecule has 0 spiro atoms. The molecule has 2 heterocycles. The van der Waals surface area contributed by atoms with E-state index in [-0.39, 0.29) is 22.8 Å². The molecule has 1 aliphatic heterocycles. The van der Waals surface area contributed by atoms with Gasteiger partial charge in [-0.3, -0.25) is 9.79 Å². The van der Waals surface area contributed by atoms with Crippen LogP contribution in [0.1, 0.15) is 35.9 Å². The molecule has 6 heteroatoms. The molecule has 0 aliphatic carbocycles. The third kappa shape index (κ3) is 5.16. The minimum Gasteiger partial charge on any atom is -0.494 e. The maximum absolute atomic E-state index is 12.6. The number of ketones is 1. The van der Waals surface area contributed by atoms with Gasteiger partial charge in [-0.1, -0.05) is 6.07 Å². The Hall–Kier alpha value is -1.66. The van der Waals surface area contributed by atoms with Crippen molar-refractivity contribution in [1.29, 1.82) is 0 Å². The van der Waals surface area contributed by atoms with Crippen molar-refractivity contribution >= 4 is 45.6 Å². The molecule has 0 atom stereocenters. The number of hydrogen-bond acceptors (Lipinski definition) is 5. The molecule has 3 rings (SSSR count). The first kappa shape index (κ1) is 19.7. The molecule has 0 amide bonds. The van der Waals surface area contributed by atoms with Crippen LogP contribution in [0.5, 0.6) is 5.75 Å². The van der Waals surface area contributed by atoms with Crippen molar-refractivity contribution in [3.63, 3.8) is 0 Å². The molecule has 0 N–H and O–H groups in total. The number of thiophene rings is 1. The number of carbonyl (C=O) groups excluding carboxylic acids is 1. The van der Waals surface area contributed by atoms with Gasteiger partial charge in [0.25, 0.3) is 0 Å². The average molecular weight is 423 g/mol. The van der Waals surface area contributed by atoms with Crippen LogP contribution in [-0.2, 0) is 0 Å². The summed E-state index contributed by atoms with van der Waals surface area (Å²) in [6, 6.07) is 11.7. The van der Waals surface area contributed by atoms with Gasteiger partial charge in [-0.05, 0) is 55.5 Å². The molecule has 0 bridgehead atoms. The predicted molar refractivity (Wildman–Crippen MR) is 110 cm³/mol. The lowest BCUT2D eigenvalue weighted by Crippen LogP contribution is -2.36. The van der Waals surface area contributed by atoms with Gasteiger partial charge in [0.1, 0.15) is 11.6 Å². The zero-order valence-corrected chi connectivity index (χ0v) is 16.8. The number of anilines is 1. The van der Waals surface area contributed by atoms with Gasteiger partial charge in [0.05, 0.1) is 18.0 Å². The number of nitrogens with zero attached hydrogens (tertiary/aromatic N) is 2. The van der Waals surface area contributed by atoms with Crippen molar-refractivity contribution in [3.8, 4) is 5.75 Å². The average Bonchev–Trinajstić information content (AvgIpc) is 3.16. The number of rotatable bonds is 6. The van der Waals surface area contributed by atoms with Gasteiger partial charge >= 0.3 is 0 Å². The largest absolute Gasteiger partial charge is 0.494 e. The molecule has 2 aromatic rings. The summed E-state index contributed by atoms with van der Waals surface area (Å²) in [5, 5.41) is 1.94. The summed E-state index contributed by atoms with van der Waals surface area (Å²) < 4.78 is 5.51. The van der Waals surface area contributed by atoms with Crippen LogP contribution in [0.25, 0.3) is 0 Å². The van der Waals surface area contributed by atoms with E-state index in [9.17, 15) is 4.79 Å². The van der Waals surface area contributed by atoms with Gasteiger partial charge in [0.2, 0.25) is 0 Å². The molecular formula is C19H23BrN2O2S. The van der Waals surface area contributed by atoms with Crippen molar-refractivity contribution < 1.29 is 9.53 Å². The second kappa shape index (κ2) is 9.73. The SMILES string of the molecule is Br.CCOc1ccc(N(CC(=O)c2cccs2)C2=NCCCC2)cc1. The lowest BCUT2D eigenvalue weighted by molar-refractivity contribution is 0.101. The van der Waals surface area contributed by atoms with E-state index in [1.165, 1.54) is 11.3 Å². The first-order valence-corrected chi connectivity index (χ1v) is 9.26. The normalized spacial score (nSPS) is 13.6. The molecule has 25 heavy (non-hydrogen) atoms. The molecule has 1 aromatic heterocycles. The summed E-state index contributed by atoms with van der Waals surface area (Å²) in [5.74, 6) is 1.99. The summed E-state index contributed by atoms with van der Waals surface area (Å²) in [6.07, 6.45) is 3.17. The molecule has 0 saturated heterocycles. The predicted octanol–water partition coefficient (Wildman–Crippen LogP) is 5.00. The Morgan fingerprint density at radius 2 is 2.04 bits per heavy atom. The second-order valence-electron chi connectivity index (χ2n) is 5.67. The van der Waals surface area contributed by atoms with E-state index in [1.54, 1.807) is 0 Å². The topological polar surface area (TPSA) is 41.9 Å². The fourth-order valence-corrected chi connectivity index (χ4v) is 3.44. The minimum absolute atomic E-state index is 0. The molecule has 1 aliphatic rings. The van der Waals surface area contributed by atoms with Crippen LogP contribution < -0.4 is 9.64 Å². The number of amidine groups is 1. The third-order valence-corrected chi connectivity index (χ3v) is 4.88. The van der Waals surface area contributed by atoms with Crippen molar-refractivity contribution in [1.82, 2.24) is 0 Å². The molecule has 0 fully saturated rings. The van der Waals surface area contributed by atoms with E-state index in [4.69, 9.17) is 4.74 Å². The second-order valence-corrected chi connectivity index (χ2v) is 6.62. The van der Waals surface area contributed by atoms with Crippen LogP contribution in [0.15, 0.2) is 46.8 Å². The fourth-order valence-electron chi connectivity index (χ4n) is 2.78. The Morgan fingerprint density at radius 1 is 1.24 bits per heavy atom. The first-order chi connectivity index (χ1) is 11.8. The molecule has 4 nitrogen and oxygen atoms in total. The van der Waals surface area contributed by atoms with Crippen molar-refractivity contribution in [3.05, 3.63) is 46.7 Å². The van der Waals surface area contributed by atoms with E-state index in [0.29, 0.717) is 13.2 Å². The Labute approximate surface area is 163 Å². The van der Waals surface area contributed by atoms with Gasteiger partial charge < -0.3 is 9.64 Å². The summed E-state index contributed by atoms with van der Waals surface area (Å²) in [6.45, 7) is 3.78. The number of halogens is 1. The molecule has 1 aromatic carbocycles. The number of aliphatic imine (C=N–C) groups is 1. The Bertz CT molecular complexity index is 699. The zero-order valence-electron chi connectivity index (χ0n) is 14.3. The zero-order chi connectivity index (χ0) is 16.8. The van der Waals surface area contributed by atoms with Crippen LogP contribution in [0, 0.1) is 0 Å². The van der Waals surface area contributed by atoms with Crippen molar-refractivity contribution in [2.75, 3.05) is 24.6 Å². The molecule has 0 unspecified atom stereocenters.